The Balaban J connectivity index is 1.89. The van der Waals surface area contributed by atoms with E-state index in [1.54, 1.807) is 18.2 Å². The van der Waals surface area contributed by atoms with Gasteiger partial charge in [-0.1, -0.05) is 6.92 Å². The normalized spacial score (nSPS) is 19.6. The van der Waals surface area contributed by atoms with Crippen molar-refractivity contribution in [1.29, 1.82) is 0 Å². The second kappa shape index (κ2) is 8.89. The average Bonchev–Trinajstić information content (AvgIpc) is 2.59. The van der Waals surface area contributed by atoms with Gasteiger partial charge in [0.1, 0.15) is 12.7 Å². The minimum Gasteiger partial charge on any atom is -0.493 e. The zero-order valence-electron chi connectivity index (χ0n) is 14.7. The molecule has 1 N–H and O–H groups in total. The van der Waals surface area contributed by atoms with Gasteiger partial charge in [-0.3, -0.25) is 0 Å². The number of methoxy groups -OCH3 is 2. The molecule has 0 bridgehead atoms. The number of carbonyl (C=O) groups is 1. The summed E-state index contributed by atoms with van der Waals surface area (Å²) in [4.78, 5) is 13.8. The summed E-state index contributed by atoms with van der Waals surface area (Å²) in [5, 5.41) is 10.2. The lowest BCUT2D eigenvalue weighted by atomic mass is 10.0. The average molecular weight is 337 g/mol. The van der Waals surface area contributed by atoms with Crippen LogP contribution in [-0.4, -0.2) is 62.5 Å². The Morgan fingerprint density at radius 1 is 1.38 bits per heavy atom. The Morgan fingerprint density at radius 3 is 2.83 bits per heavy atom. The maximum Gasteiger partial charge on any atom is 0.337 e. The van der Waals surface area contributed by atoms with Crippen molar-refractivity contribution >= 4 is 5.97 Å². The second-order valence-corrected chi connectivity index (χ2v) is 6.33. The molecule has 0 unspecified atom stereocenters. The topological polar surface area (TPSA) is 68.2 Å². The lowest BCUT2D eigenvalue weighted by Gasteiger charge is -2.32. The molecule has 24 heavy (non-hydrogen) atoms. The summed E-state index contributed by atoms with van der Waals surface area (Å²) >= 11 is 0. The van der Waals surface area contributed by atoms with Crippen molar-refractivity contribution in [1.82, 2.24) is 4.90 Å². The first-order valence-electron chi connectivity index (χ1n) is 8.33. The van der Waals surface area contributed by atoms with Crippen molar-refractivity contribution in [2.75, 3.05) is 40.5 Å². The summed E-state index contributed by atoms with van der Waals surface area (Å²) in [5.41, 5.74) is 0.393. The fourth-order valence-electron chi connectivity index (χ4n) is 3.02. The van der Waals surface area contributed by atoms with Crippen molar-refractivity contribution in [3.05, 3.63) is 23.8 Å². The number of rotatable bonds is 7. The molecule has 1 saturated heterocycles. The van der Waals surface area contributed by atoms with Crippen LogP contribution in [0.3, 0.4) is 0 Å². The first-order valence-corrected chi connectivity index (χ1v) is 8.33. The van der Waals surface area contributed by atoms with Crippen molar-refractivity contribution in [2.24, 2.45) is 5.92 Å². The maximum atomic E-state index is 11.5. The van der Waals surface area contributed by atoms with Crippen molar-refractivity contribution in [2.45, 2.75) is 25.9 Å². The number of esters is 1. The summed E-state index contributed by atoms with van der Waals surface area (Å²) < 4.78 is 15.6. The molecule has 134 valence electrons. The maximum absolute atomic E-state index is 11.5. The molecule has 0 amide bonds. The van der Waals surface area contributed by atoms with Gasteiger partial charge in [0.25, 0.3) is 0 Å². The van der Waals surface area contributed by atoms with Gasteiger partial charge in [0, 0.05) is 13.1 Å². The summed E-state index contributed by atoms with van der Waals surface area (Å²) in [6, 6.07) is 4.84. The third kappa shape index (κ3) is 5.11. The Morgan fingerprint density at radius 2 is 2.17 bits per heavy atom. The molecule has 1 aliphatic heterocycles. The highest BCUT2D eigenvalue weighted by Gasteiger charge is 2.19. The zero-order chi connectivity index (χ0) is 17.5. The van der Waals surface area contributed by atoms with Crippen LogP contribution in [0.2, 0.25) is 0 Å². The molecule has 1 fully saturated rings. The van der Waals surface area contributed by atoms with E-state index < -0.39 is 12.1 Å². The predicted molar refractivity (Wildman–Crippen MR) is 90.7 cm³/mol. The zero-order valence-corrected chi connectivity index (χ0v) is 14.7. The SMILES string of the molecule is COC(=O)c1ccc(OC[C@H](O)CN2CCC[C@@H](C)C2)c(OC)c1. The quantitative estimate of drug-likeness (QED) is 0.767. The molecule has 0 aliphatic carbocycles. The van der Waals surface area contributed by atoms with Crippen molar-refractivity contribution in [3.8, 4) is 11.5 Å². The van der Waals surface area contributed by atoms with Crippen molar-refractivity contribution < 1.29 is 24.1 Å². The van der Waals surface area contributed by atoms with Gasteiger partial charge in [0.15, 0.2) is 11.5 Å². The van der Waals surface area contributed by atoms with Gasteiger partial charge in [-0.05, 0) is 43.5 Å². The van der Waals surface area contributed by atoms with E-state index in [9.17, 15) is 9.90 Å². The molecule has 1 heterocycles. The van der Waals surface area contributed by atoms with Crippen LogP contribution < -0.4 is 9.47 Å². The fourth-order valence-corrected chi connectivity index (χ4v) is 3.02. The monoisotopic (exact) mass is 337 g/mol. The number of nitrogens with zero attached hydrogens (tertiary/aromatic N) is 1. The van der Waals surface area contributed by atoms with Gasteiger partial charge in [-0.15, -0.1) is 0 Å². The number of piperidine rings is 1. The van der Waals surface area contributed by atoms with E-state index in [0.29, 0.717) is 29.5 Å². The van der Waals surface area contributed by atoms with Crippen LogP contribution in [0.1, 0.15) is 30.1 Å². The van der Waals surface area contributed by atoms with Gasteiger partial charge in [0.2, 0.25) is 0 Å². The molecule has 0 spiro atoms. The number of likely N-dealkylation sites (tertiary alicyclic amines) is 1. The summed E-state index contributed by atoms with van der Waals surface area (Å²) in [6.45, 7) is 5.07. The van der Waals surface area contributed by atoms with Crippen LogP contribution in [0.25, 0.3) is 0 Å². The smallest absolute Gasteiger partial charge is 0.337 e. The number of β-amino-alcohol motifs (C(OH)–C–C–N with tert-alkyl or cyclic N) is 1. The minimum absolute atomic E-state index is 0.179. The number of carbonyl (C=O) groups excluding carboxylic acids is 1. The predicted octanol–water partition coefficient (Wildman–Crippen LogP) is 1.95. The van der Waals surface area contributed by atoms with Crippen LogP contribution in [0.15, 0.2) is 18.2 Å². The number of aliphatic hydroxyl groups excluding tert-OH is 1. The standard InChI is InChI=1S/C18H27NO5/c1-13-5-4-8-19(10-13)11-15(20)12-24-16-7-6-14(18(21)23-3)9-17(16)22-2/h6-7,9,13,15,20H,4-5,8,10-12H2,1-3H3/t13-,15-/m1/s1. The van der Waals surface area contributed by atoms with E-state index in [2.05, 4.69) is 16.6 Å². The molecule has 0 radical (unpaired) electrons. The van der Waals surface area contributed by atoms with Crippen LogP contribution in [0.5, 0.6) is 11.5 Å². The lowest BCUT2D eigenvalue weighted by Crippen LogP contribution is -2.41. The molecule has 6 nitrogen and oxygen atoms in total. The highest BCUT2D eigenvalue weighted by Crippen LogP contribution is 2.28. The highest BCUT2D eigenvalue weighted by molar-refractivity contribution is 5.90. The molecule has 0 saturated carbocycles. The Bertz CT molecular complexity index is 548. The first kappa shape index (κ1) is 18.5. The molecule has 6 heteroatoms. The number of benzene rings is 1. The largest absolute Gasteiger partial charge is 0.493 e. The van der Waals surface area contributed by atoms with Gasteiger partial charge in [-0.25, -0.2) is 4.79 Å². The van der Waals surface area contributed by atoms with E-state index >= 15 is 0 Å². The Kier molecular flexibility index (Phi) is 6.87. The van der Waals surface area contributed by atoms with Gasteiger partial charge in [0.05, 0.1) is 19.8 Å². The van der Waals surface area contributed by atoms with Crippen LogP contribution in [0.4, 0.5) is 0 Å². The van der Waals surface area contributed by atoms with Crippen LogP contribution in [-0.2, 0) is 4.74 Å². The number of hydrogen-bond donors (Lipinski definition) is 1. The highest BCUT2D eigenvalue weighted by atomic mass is 16.5. The lowest BCUT2D eigenvalue weighted by molar-refractivity contribution is 0.0528. The first-order chi connectivity index (χ1) is 11.5. The summed E-state index contributed by atoms with van der Waals surface area (Å²) in [6.07, 6.45) is 1.87. The van der Waals surface area contributed by atoms with E-state index in [4.69, 9.17) is 9.47 Å². The Hall–Kier alpha value is -1.79. The van der Waals surface area contributed by atoms with Gasteiger partial charge < -0.3 is 24.2 Å². The number of aliphatic hydroxyl groups is 1. The van der Waals surface area contributed by atoms with Crippen LogP contribution >= 0.6 is 0 Å². The van der Waals surface area contributed by atoms with E-state index in [0.717, 1.165) is 13.1 Å². The fraction of sp³-hybridized carbons (Fsp3) is 0.611. The van der Waals surface area contributed by atoms with E-state index in [-0.39, 0.29) is 6.61 Å². The van der Waals surface area contributed by atoms with Crippen LogP contribution in [0, 0.1) is 5.92 Å². The number of hydrogen-bond acceptors (Lipinski definition) is 6. The second-order valence-electron chi connectivity index (χ2n) is 6.33. The van der Waals surface area contributed by atoms with Crippen molar-refractivity contribution in [3.63, 3.8) is 0 Å². The molecular weight excluding hydrogens is 310 g/mol. The molecule has 1 aromatic carbocycles. The molecule has 2 rings (SSSR count). The van der Waals surface area contributed by atoms with E-state index in [1.807, 2.05) is 0 Å². The molecule has 2 atom stereocenters. The minimum atomic E-state index is -0.569. The molecule has 1 aliphatic rings. The third-order valence-electron chi connectivity index (χ3n) is 4.23. The molecular formula is C18H27NO5. The van der Waals surface area contributed by atoms with E-state index in [1.165, 1.54) is 27.1 Å². The Labute approximate surface area is 143 Å². The molecule has 0 aromatic heterocycles. The number of ether oxygens (including phenoxy) is 3. The summed E-state index contributed by atoms with van der Waals surface area (Å²) in [7, 11) is 2.84. The van der Waals surface area contributed by atoms with Gasteiger partial charge in [-0.2, -0.15) is 0 Å². The summed E-state index contributed by atoms with van der Waals surface area (Å²) in [5.74, 6) is 1.19. The van der Waals surface area contributed by atoms with Gasteiger partial charge >= 0.3 is 5.97 Å². The molecule has 1 aromatic rings. The third-order valence-corrected chi connectivity index (χ3v) is 4.23.